The lowest BCUT2D eigenvalue weighted by atomic mass is 10.1. The minimum Gasteiger partial charge on any atom is -0.456 e. The quantitative estimate of drug-likeness (QED) is 0.258. The summed E-state index contributed by atoms with van der Waals surface area (Å²) in [6.07, 6.45) is -3.83. The monoisotopic (exact) mass is 486 g/mol. The summed E-state index contributed by atoms with van der Waals surface area (Å²) in [6.45, 7) is 1.73. The van der Waals surface area contributed by atoms with Gasteiger partial charge in [-0.1, -0.05) is 13.3 Å². The van der Waals surface area contributed by atoms with Gasteiger partial charge in [0.1, 0.15) is 45.9 Å². The molecule has 1 heterocycles. The van der Waals surface area contributed by atoms with Crippen LogP contribution in [0.15, 0.2) is 46.9 Å². The molecule has 0 amide bonds. The fourth-order valence-corrected chi connectivity index (χ4v) is 3.54. The molecule has 0 aliphatic heterocycles. The molecule has 3 aromatic carbocycles. The molecule has 34 heavy (non-hydrogen) atoms. The summed E-state index contributed by atoms with van der Waals surface area (Å²) in [5, 5.41) is -0.00275. The van der Waals surface area contributed by atoms with Crippen molar-refractivity contribution in [3.8, 4) is 17.1 Å². The lowest BCUT2D eigenvalue weighted by Gasteiger charge is -2.20. The minimum atomic E-state index is -4.60. The van der Waals surface area contributed by atoms with E-state index in [9.17, 15) is 35.1 Å². The van der Waals surface area contributed by atoms with Crippen LogP contribution >= 0.6 is 0 Å². The molecule has 2 nitrogen and oxygen atoms in total. The molecular weight excluding hydrogens is 472 g/mol. The van der Waals surface area contributed by atoms with Gasteiger partial charge < -0.3 is 9.15 Å². The SMILES string of the molecule is CCCc1cc(F)c(C(F)(F)Oc2cc(F)c(-c3cc4cc(F)c(F)cc4o3)c(F)c2)c(F)c1. The molecule has 10 heteroatoms. The fourth-order valence-electron chi connectivity index (χ4n) is 3.54. The van der Waals surface area contributed by atoms with Crippen LogP contribution in [-0.2, 0) is 12.5 Å². The summed E-state index contributed by atoms with van der Waals surface area (Å²) in [6, 6.07) is 4.64. The van der Waals surface area contributed by atoms with Gasteiger partial charge >= 0.3 is 6.11 Å². The fraction of sp³-hybridized carbons (Fsp3) is 0.167. The van der Waals surface area contributed by atoms with Crippen molar-refractivity contribution < 1.29 is 44.3 Å². The molecule has 0 radical (unpaired) electrons. The van der Waals surface area contributed by atoms with Crippen LogP contribution in [0.1, 0.15) is 24.5 Å². The summed E-state index contributed by atoms with van der Waals surface area (Å²) < 4.78 is 123. The number of fused-ring (bicyclic) bond motifs is 1. The highest BCUT2D eigenvalue weighted by atomic mass is 19.3. The molecule has 1 aromatic heterocycles. The largest absolute Gasteiger partial charge is 0.456 e. The smallest absolute Gasteiger partial charge is 0.432 e. The van der Waals surface area contributed by atoms with E-state index in [1.54, 1.807) is 6.92 Å². The summed E-state index contributed by atoms with van der Waals surface area (Å²) in [5.74, 6) is -10.0. The number of furan rings is 1. The Balaban J connectivity index is 1.69. The average molecular weight is 486 g/mol. The third-order valence-corrected chi connectivity index (χ3v) is 5.00. The molecule has 0 spiro atoms. The van der Waals surface area contributed by atoms with Crippen LogP contribution in [0.3, 0.4) is 0 Å². The summed E-state index contributed by atoms with van der Waals surface area (Å²) in [5.41, 5.74) is -2.59. The Morgan fingerprint density at radius 2 is 1.32 bits per heavy atom. The highest BCUT2D eigenvalue weighted by molar-refractivity contribution is 5.83. The number of benzene rings is 3. The number of hydrogen-bond donors (Lipinski definition) is 0. The molecule has 0 aliphatic carbocycles. The van der Waals surface area contributed by atoms with Crippen LogP contribution < -0.4 is 4.74 Å². The molecule has 0 bridgehead atoms. The van der Waals surface area contributed by atoms with Crippen molar-refractivity contribution in [2.24, 2.45) is 0 Å². The van der Waals surface area contributed by atoms with E-state index in [2.05, 4.69) is 4.74 Å². The number of alkyl halides is 2. The van der Waals surface area contributed by atoms with Gasteiger partial charge in [-0.25, -0.2) is 26.3 Å². The van der Waals surface area contributed by atoms with E-state index in [0.29, 0.717) is 24.6 Å². The van der Waals surface area contributed by atoms with E-state index in [1.165, 1.54) is 0 Å². The Bertz CT molecular complexity index is 1310. The second kappa shape index (κ2) is 8.66. The van der Waals surface area contributed by atoms with Crippen molar-refractivity contribution in [2.75, 3.05) is 0 Å². The van der Waals surface area contributed by atoms with Gasteiger partial charge in [0, 0.05) is 23.6 Å². The molecule has 0 saturated heterocycles. The first-order valence-corrected chi connectivity index (χ1v) is 9.93. The lowest BCUT2D eigenvalue weighted by Crippen LogP contribution is -2.25. The Morgan fingerprint density at radius 3 is 1.91 bits per heavy atom. The molecule has 0 N–H and O–H groups in total. The van der Waals surface area contributed by atoms with Crippen LogP contribution in [0, 0.1) is 34.9 Å². The Hall–Kier alpha value is -3.56. The standard InChI is InChI=1S/C24H14F8O2/c1-2-3-11-4-18(29)23(19(30)5-11)24(31,32)34-13-8-16(27)22(17(28)9-13)21-7-12-6-14(25)15(26)10-20(12)33-21/h4-10H,2-3H2,1H3. The molecule has 4 aromatic rings. The third-order valence-electron chi connectivity index (χ3n) is 5.00. The van der Waals surface area contributed by atoms with Crippen molar-refractivity contribution in [3.05, 3.63) is 88.5 Å². The predicted octanol–water partition coefficient (Wildman–Crippen LogP) is 8.02. The van der Waals surface area contributed by atoms with Crippen molar-refractivity contribution in [2.45, 2.75) is 25.9 Å². The van der Waals surface area contributed by atoms with Gasteiger partial charge in [0.2, 0.25) is 0 Å². The van der Waals surface area contributed by atoms with E-state index in [-0.39, 0.29) is 23.0 Å². The van der Waals surface area contributed by atoms with E-state index in [0.717, 1.165) is 24.3 Å². The first-order valence-electron chi connectivity index (χ1n) is 9.93. The second-order valence-corrected chi connectivity index (χ2v) is 7.48. The zero-order chi connectivity index (χ0) is 24.8. The van der Waals surface area contributed by atoms with Crippen LogP contribution in [0.5, 0.6) is 5.75 Å². The van der Waals surface area contributed by atoms with Crippen molar-refractivity contribution in [3.63, 3.8) is 0 Å². The number of rotatable bonds is 6. The molecular formula is C24H14F8O2. The molecule has 4 rings (SSSR count). The Labute approximate surface area is 187 Å². The Morgan fingerprint density at radius 1 is 0.735 bits per heavy atom. The zero-order valence-electron chi connectivity index (χ0n) is 17.3. The minimum absolute atomic E-state index is 0.00275. The van der Waals surface area contributed by atoms with E-state index >= 15 is 0 Å². The van der Waals surface area contributed by atoms with E-state index < -0.39 is 63.6 Å². The molecule has 0 saturated carbocycles. The van der Waals surface area contributed by atoms with Crippen LogP contribution in [0.4, 0.5) is 35.1 Å². The number of aryl methyl sites for hydroxylation is 1. The maximum atomic E-state index is 14.6. The Kier molecular flexibility index (Phi) is 6.01. The first kappa shape index (κ1) is 23.6. The van der Waals surface area contributed by atoms with Crippen LogP contribution in [-0.4, -0.2) is 0 Å². The van der Waals surface area contributed by atoms with Gasteiger partial charge in [-0.2, -0.15) is 8.78 Å². The number of hydrogen-bond acceptors (Lipinski definition) is 2. The molecule has 0 fully saturated rings. The highest BCUT2D eigenvalue weighted by Crippen LogP contribution is 2.39. The van der Waals surface area contributed by atoms with Gasteiger partial charge in [-0.15, -0.1) is 0 Å². The average Bonchev–Trinajstić information content (AvgIpc) is 3.08. The lowest BCUT2D eigenvalue weighted by molar-refractivity contribution is -0.189. The topological polar surface area (TPSA) is 22.4 Å². The van der Waals surface area contributed by atoms with Crippen molar-refractivity contribution in [1.82, 2.24) is 0 Å². The van der Waals surface area contributed by atoms with Gasteiger partial charge in [-0.3, -0.25) is 0 Å². The summed E-state index contributed by atoms with van der Waals surface area (Å²) in [7, 11) is 0. The van der Waals surface area contributed by atoms with Crippen molar-refractivity contribution >= 4 is 11.0 Å². The first-order chi connectivity index (χ1) is 16.0. The summed E-state index contributed by atoms with van der Waals surface area (Å²) in [4.78, 5) is 0. The van der Waals surface area contributed by atoms with Crippen LogP contribution in [0.25, 0.3) is 22.3 Å². The maximum absolute atomic E-state index is 14.6. The van der Waals surface area contributed by atoms with E-state index in [4.69, 9.17) is 4.42 Å². The van der Waals surface area contributed by atoms with Gasteiger partial charge in [0.05, 0.1) is 5.56 Å². The summed E-state index contributed by atoms with van der Waals surface area (Å²) >= 11 is 0. The normalized spacial score (nSPS) is 11.9. The number of ether oxygens (including phenoxy) is 1. The van der Waals surface area contributed by atoms with Gasteiger partial charge in [0.15, 0.2) is 11.6 Å². The van der Waals surface area contributed by atoms with Crippen LogP contribution in [0.2, 0.25) is 0 Å². The third kappa shape index (κ3) is 4.32. The maximum Gasteiger partial charge on any atom is 0.432 e. The molecule has 0 atom stereocenters. The predicted molar refractivity (Wildman–Crippen MR) is 106 cm³/mol. The van der Waals surface area contributed by atoms with Gasteiger partial charge in [-0.05, 0) is 36.2 Å². The molecule has 0 unspecified atom stereocenters. The molecule has 0 aliphatic rings. The van der Waals surface area contributed by atoms with E-state index in [1.807, 2.05) is 0 Å². The second-order valence-electron chi connectivity index (χ2n) is 7.48. The van der Waals surface area contributed by atoms with Crippen molar-refractivity contribution in [1.29, 1.82) is 0 Å². The number of halogens is 8. The molecule has 178 valence electrons. The highest BCUT2D eigenvalue weighted by Gasteiger charge is 2.41. The van der Waals surface area contributed by atoms with Gasteiger partial charge in [0.25, 0.3) is 0 Å². The zero-order valence-corrected chi connectivity index (χ0v) is 17.3.